The summed E-state index contributed by atoms with van der Waals surface area (Å²) < 4.78 is 26.6. The van der Waals surface area contributed by atoms with Crippen molar-refractivity contribution in [1.82, 2.24) is 15.1 Å². The summed E-state index contributed by atoms with van der Waals surface area (Å²) in [4.78, 5) is 19.4. The topological polar surface area (TPSA) is 92.0 Å². The molecule has 3 N–H and O–H groups in total. The number of amidine groups is 1. The molecule has 3 atom stereocenters. The van der Waals surface area contributed by atoms with E-state index in [-0.39, 0.29) is 18.2 Å². The molecule has 27 heavy (non-hydrogen) atoms. The van der Waals surface area contributed by atoms with Crippen LogP contribution in [0.2, 0.25) is 0 Å². The highest BCUT2D eigenvalue weighted by Crippen LogP contribution is 2.54. The molecule has 4 rings (SSSR count). The first-order chi connectivity index (χ1) is 12.9. The monoisotopic (exact) mass is 379 g/mol. The van der Waals surface area contributed by atoms with Gasteiger partial charge in [0.15, 0.2) is 0 Å². The van der Waals surface area contributed by atoms with Gasteiger partial charge in [-0.2, -0.15) is 0 Å². The number of aliphatic carboxylic acids is 1. The second-order valence-electron chi connectivity index (χ2n) is 7.70. The van der Waals surface area contributed by atoms with E-state index in [2.05, 4.69) is 27.0 Å². The minimum Gasteiger partial charge on any atom is -0.481 e. The molecule has 3 fully saturated rings. The molecular weight excluding hydrogens is 356 g/mol. The van der Waals surface area contributed by atoms with Crippen LogP contribution in [0.4, 0.5) is 8.78 Å². The van der Waals surface area contributed by atoms with Crippen LogP contribution in [0.15, 0.2) is 28.3 Å². The Labute approximate surface area is 155 Å². The number of aliphatic imine (C=N–C) groups is 1. The number of alkyl halides is 2. The number of nitrogens with one attached hydrogen (secondary N) is 2. The van der Waals surface area contributed by atoms with Gasteiger partial charge in [0.05, 0.1) is 5.57 Å². The van der Waals surface area contributed by atoms with Crippen LogP contribution in [0.3, 0.4) is 0 Å². The molecule has 3 unspecified atom stereocenters. The zero-order valence-electron chi connectivity index (χ0n) is 15.0. The van der Waals surface area contributed by atoms with Crippen LogP contribution >= 0.6 is 0 Å². The standard InChI is InChI=1S/C18H23F2N5O2/c1-9-2-3-25(9)15-5-14(22-18(23-15)11(6-21)17(19)20)24-7-12-10(4-16(26)27)13(12)8-24/h5-6,9-10,12-13,17,21-22H,2-4,7-8H2,1H3,(H,26,27)/b18-11-,21-6?. The molecular formula is C18H23F2N5O2. The molecule has 3 aliphatic heterocycles. The largest absolute Gasteiger partial charge is 0.481 e. The number of piperidine rings is 1. The highest BCUT2D eigenvalue weighted by molar-refractivity contribution is 5.96. The number of hydrogen-bond acceptors (Lipinski definition) is 6. The predicted octanol–water partition coefficient (Wildman–Crippen LogP) is 1.70. The van der Waals surface area contributed by atoms with E-state index in [1.54, 1.807) is 0 Å². The Kier molecular flexibility index (Phi) is 4.39. The highest BCUT2D eigenvalue weighted by Gasteiger charge is 2.56. The molecule has 1 saturated carbocycles. The number of fused-ring (bicyclic) bond motifs is 1. The van der Waals surface area contributed by atoms with Crippen LogP contribution in [0.25, 0.3) is 0 Å². The summed E-state index contributed by atoms with van der Waals surface area (Å²) in [7, 11) is 0. The third kappa shape index (κ3) is 3.19. The number of rotatable bonds is 5. The van der Waals surface area contributed by atoms with Crippen LogP contribution in [0, 0.1) is 23.2 Å². The lowest BCUT2D eigenvalue weighted by Gasteiger charge is -2.42. The summed E-state index contributed by atoms with van der Waals surface area (Å²) in [6.45, 7) is 4.33. The van der Waals surface area contributed by atoms with Crippen molar-refractivity contribution < 1.29 is 18.7 Å². The van der Waals surface area contributed by atoms with Gasteiger partial charge in [0.2, 0.25) is 0 Å². The van der Waals surface area contributed by atoms with Gasteiger partial charge in [0, 0.05) is 44.4 Å². The number of allylic oxidation sites excluding steroid dienone is 1. The quantitative estimate of drug-likeness (QED) is 0.633. The van der Waals surface area contributed by atoms with Crippen molar-refractivity contribution in [3.05, 3.63) is 23.3 Å². The fourth-order valence-electron chi connectivity index (χ4n) is 4.35. The molecule has 7 nitrogen and oxygen atoms in total. The molecule has 3 heterocycles. The maximum Gasteiger partial charge on any atom is 0.303 e. The lowest BCUT2D eigenvalue weighted by atomic mass is 10.0. The molecule has 0 radical (unpaired) electrons. The van der Waals surface area contributed by atoms with Gasteiger partial charge in [-0.15, -0.1) is 0 Å². The second kappa shape index (κ2) is 6.61. The Hall–Kier alpha value is -2.45. The Morgan fingerprint density at radius 1 is 1.48 bits per heavy atom. The van der Waals surface area contributed by atoms with Gasteiger partial charge < -0.3 is 25.6 Å². The zero-order chi connectivity index (χ0) is 19.3. The number of likely N-dealkylation sites (tertiary alicyclic amines) is 2. The summed E-state index contributed by atoms with van der Waals surface area (Å²) in [6.07, 6.45) is 0.979. The maximum absolute atomic E-state index is 13.3. The fraction of sp³-hybridized carbons (Fsp3) is 0.611. The number of carboxylic acids is 1. The average Bonchev–Trinajstić information content (AvgIpc) is 3.03. The van der Waals surface area contributed by atoms with Crippen molar-refractivity contribution in [2.45, 2.75) is 32.2 Å². The van der Waals surface area contributed by atoms with Gasteiger partial charge in [-0.1, -0.05) is 0 Å². The lowest BCUT2D eigenvalue weighted by Crippen LogP contribution is -2.50. The van der Waals surface area contributed by atoms with E-state index >= 15 is 0 Å². The SMILES string of the molecule is CC1CCN1C1=N/C(=C(/C=N)C(F)F)NC(N2CC3C(CC(=O)O)C3C2)=C1. The first kappa shape index (κ1) is 17.9. The Morgan fingerprint density at radius 3 is 2.67 bits per heavy atom. The van der Waals surface area contributed by atoms with Gasteiger partial charge in [-0.3, -0.25) is 4.79 Å². The van der Waals surface area contributed by atoms with E-state index in [4.69, 9.17) is 10.5 Å². The van der Waals surface area contributed by atoms with E-state index < -0.39 is 18.0 Å². The fourth-order valence-corrected chi connectivity index (χ4v) is 4.35. The van der Waals surface area contributed by atoms with E-state index in [9.17, 15) is 13.6 Å². The number of hydrogen-bond donors (Lipinski definition) is 3. The zero-order valence-corrected chi connectivity index (χ0v) is 15.0. The van der Waals surface area contributed by atoms with Gasteiger partial charge in [-0.05, 0) is 31.1 Å². The van der Waals surface area contributed by atoms with Crippen molar-refractivity contribution >= 4 is 18.0 Å². The van der Waals surface area contributed by atoms with Crippen LogP contribution in [-0.4, -0.2) is 65.0 Å². The molecule has 0 aromatic heterocycles. The van der Waals surface area contributed by atoms with Gasteiger partial charge >= 0.3 is 5.97 Å². The highest BCUT2D eigenvalue weighted by atomic mass is 19.3. The first-order valence-corrected chi connectivity index (χ1v) is 9.22. The summed E-state index contributed by atoms with van der Waals surface area (Å²) in [5.74, 6) is 1.51. The molecule has 2 saturated heterocycles. The molecule has 4 aliphatic rings. The Bertz CT molecular complexity index is 751. The summed E-state index contributed by atoms with van der Waals surface area (Å²) in [5.41, 5.74) is -0.431. The molecule has 0 bridgehead atoms. The second-order valence-corrected chi connectivity index (χ2v) is 7.70. The molecule has 0 spiro atoms. The van der Waals surface area contributed by atoms with E-state index in [0.29, 0.717) is 48.8 Å². The number of carbonyl (C=O) groups is 1. The minimum absolute atomic E-state index is 0.0225. The van der Waals surface area contributed by atoms with E-state index in [1.165, 1.54) is 0 Å². The van der Waals surface area contributed by atoms with Crippen LogP contribution < -0.4 is 5.32 Å². The van der Waals surface area contributed by atoms with Crippen molar-refractivity contribution in [3.8, 4) is 0 Å². The third-order valence-electron chi connectivity index (χ3n) is 6.14. The summed E-state index contributed by atoms with van der Waals surface area (Å²) in [6, 6.07) is 0.308. The minimum atomic E-state index is -2.78. The molecule has 0 amide bonds. The number of halogens is 2. The van der Waals surface area contributed by atoms with Gasteiger partial charge in [0.1, 0.15) is 17.5 Å². The number of carboxylic acid groups (broad SMARTS) is 1. The Morgan fingerprint density at radius 2 is 2.19 bits per heavy atom. The Balaban J connectivity index is 1.55. The van der Waals surface area contributed by atoms with Crippen LogP contribution in [0.5, 0.6) is 0 Å². The summed E-state index contributed by atoms with van der Waals surface area (Å²) in [5, 5.41) is 19.3. The van der Waals surface area contributed by atoms with Crippen molar-refractivity contribution in [3.63, 3.8) is 0 Å². The van der Waals surface area contributed by atoms with Gasteiger partial charge in [-0.25, -0.2) is 13.8 Å². The van der Waals surface area contributed by atoms with Crippen LogP contribution in [0.1, 0.15) is 19.8 Å². The van der Waals surface area contributed by atoms with E-state index in [1.807, 2.05) is 6.08 Å². The third-order valence-corrected chi connectivity index (χ3v) is 6.14. The van der Waals surface area contributed by atoms with Crippen molar-refractivity contribution in [1.29, 1.82) is 5.41 Å². The van der Waals surface area contributed by atoms with Crippen molar-refractivity contribution in [2.75, 3.05) is 19.6 Å². The van der Waals surface area contributed by atoms with E-state index in [0.717, 1.165) is 13.0 Å². The molecule has 0 aromatic rings. The van der Waals surface area contributed by atoms with Gasteiger partial charge in [0.25, 0.3) is 6.43 Å². The first-order valence-electron chi connectivity index (χ1n) is 9.22. The maximum atomic E-state index is 13.3. The number of nitrogens with zero attached hydrogens (tertiary/aromatic N) is 3. The summed E-state index contributed by atoms with van der Waals surface area (Å²) >= 11 is 0. The average molecular weight is 379 g/mol. The predicted molar refractivity (Wildman–Crippen MR) is 95.5 cm³/mol. The smallest absolute Gasteiger partial charge is 0.303 e. The molecule has 9 heteroatoms. The van der Waals surface area contributed by atoms with Crippen molar-refractivity contribution in [2.24, 2.45) is 22.7 Å². The molecule has 0 aromatic carbocycles. The molecule has 1 aliphatic carbocycles. The normalized spacial score (nSPS) is 33.6. The van der Waals surface area contributed by atoms with Crippen LogP contribution in [-0.2, 0) is 4.79 Å². The molecule has 146 valence electrons. The lowest BCUT2D eigenvalue weighted by molar-refractivity contribution is -0.137.